The van der Waals surface area contributed by atoms with E-state index in [-0.39, 0.29) is 35.6 Å². The SMILES string of the molecule is O=C(CC(Nc1nc2ccccc2[nH]1)c1cccc(SC(F)(F)F)c1)NCCOC(F)(F)F. The minimum absolute atomic E-state index is 0.0737. The van der Waals surface area contributed by atoms with Gasteiger partial charge in [0, 0.05) is 11.4 Å². The molecule has 2 aromatic carbocycles. The molecule has 33 heavy (non-hydrogen) atoms. The molecule has 0 radical (unpaired) electrons. The van der Waals surface area contributed by atoms with Crippen LogP contribution in [-0.4, -0.2) is 40.9 Å². The maximum atomic E-state index is 12.8. The van der Waals surface area contributed by atoms with Crippen molar-refractivity contribution in [3.05, 3.63) is 54.1 Å². The fourth-order valence-corrected chi connectivity index (χ4v) is 3.59. The predicted octanol–water partition coefficient (Wildman–Crippen LogP) is 5.37. The second-order valence-electron chi connectivity index (χ2n) is 6.77. The standard InChI is InChI=1S/C20H18F6N4O2S/c21-19(22,23)32-9-8-27-17(31)11-16(12-4-3-5-13(10-12)33-20(24,25)26)30-18-28-14-6-1-2-7-15(14)29-18/h1-7,10,16H,8-9,11H2,(H,27,31)(H2,28,29,30). The second kappa shape index (κ2) is 10.3. The number of rotatable bonds is 9. The molecular weight excluding hydrogens is 474 g/mol. The van der Waals surface area contributed by atoms with Crippen LogP contribution in [-0.2, 0) is 9.53 Å². The van der Waals surface area contributed by atoms with E-state index in [1.807, 2.05) is 0 Å². The summed E-state index contributed by atoms with van der Waals surface area (Å²) in [5, 5.41) is 5.29. The Kier molecular flexibility index (Phi) is 7.74. The molecular formula is C20H18F6N4O2S. The lowest BCUT2D eigenvalue weighted by Gasteiger charge is -2.19. The van der Waals surface area contributed by atoms with E-state index in [1.54, 1.807) is 30.3 Å². The lowest BCUT2D eigenvalue weighted by atomic mass is 10.0. The van der Waals surface area contributed by atoms with Crippen molar-refractivity contribution >= 4 is 34.7 Å². The number of nitrogens with zero attached hydrogens (tertiary/aromatic N) is 1. The fourth-order valence-electron chi connectivity index (χ4n) is 2.98. The van der Waals surface area contributed by atoms with E-state index in [0.717, 1.165) is 0 Å². The number of thioether (sulfide) groups is 1. The number of benzene rings is 2. The average Bonchev–Trinajstić information content (AvgIpc) is 3.11. The summed E-state index contributed by atoms with van der Waals surface area (Å²) in [5.41, 5.74) is -2.79. The number of aromatic nitrogens is 2. The molecule has 1 aromatic heterocycles. The molecule has 6 nitrogen and oxygen atoms in total. The van der Waals surface area contributed by atoms with Crippen LogP contribution in [0, 0.1) is 0 Å². The van der Waals surface area contributed by atoms with Crippen LogP contribution < -0.4 is 10.6 Å². The number of nitrogens with one attached hydrogen (secondary N) is 3. The second-order valence-corrected chi connectivity index (χ2v) is 7.91. The monoisotopic (exact) mass is 492 g/mol. The topological polar surface area (TPSA) is 79.0 Å². The zero-order valence-electron chi connectivity index (χ0n) is 16.8. The lowest BCUT2D eigenvalue weighted by molar-refractivity contribution is -0.323. The number of para-hydroxylation sites is 2. The van der Waals surface area contributed by atoms with Crippen LogP contribution in [0.1, 0.15) is 18.0 Å². The summed E-state index contributed by atoms with van der Waals surface area (Å²) in [5.74, 6) is -0.341. The highest BCUT2D eigenvalue weighted by Crippen LogP contribution is 2.38. The van der Waals surface area contributed by atoms with E-state index in [9.17, 15) is 31.1 Å². The van der Waals surface area contributed by atoms with Crippen molar-refractivity contribution in [2.24, 2.45) is 0 Å². The maximum absolute atomic E-state index is 12.8. The average molecular weight is 492 g/mol. The maximum Gasteiger partial charge on any atom is 0.522 e. The summed E-state index contributed by atoms with van der Waals surface area (Å²) >= 11 is -0.294. The first-order chi connectivity index (χ1) is 15.5. The third-order valence-corrected chi connectivity index (χ3v) is 4.99. The minimum Gasteiger partial charge on any atom is -0.354 e. The van der Waals surface area contributed by atoms with Gasteiger partial charge in [-0.15, -0.1) is 13.2 Å². The minimum atomic E-state index is -4.81. The van der Waals surface area contributed by atoms with Crippen molar-refractivity contribution in [3.63, 3.8) is 0 Å². The summed E-state index contributed by atoms with van der Waals surface area (Å²) in [4.78, 5) is 19.6. The third-order valence-electron chi connectivity index (χ3n) is 4.27. The lowest BCUT2D eigenvalue weighted by Crippen LogP contribution is -2.31. The Balaban J connectivity index is 1.76. The van der Waals surface area contributed by atoms with Gasteiger partial charge in [-0.25, -0.2) is 4.98 Å². The first-order valence-corrected chi connectivity index (χ1v) is 10.3. The highest BCUT2D eigenvalue weighted by molar-refractivity contribution is 8.00. The molecule has 0 saturated heterocycles. The molecule has 0 aliphatic rings. The molecule has 1 unspecified atom stereocenters. The highest BCUT2D eigenvalue weighted by Gasteiger charge is 2.30. The molecule has 3 rings (SSSR count). The molecule has 3 aromatic rings. The Hall–Kier alpha value is -2.93. The van der Waals surface area contributed by atoms with Gasteiger partial charge >= 0.3 is 11.9 Å². The van der Waals surface area contributed by atoms with E-state index >= 15 is 0 Å². The van der Waals surface area contributed by atoms with E-state index < -0.39 is 30.4 Å². The molecule has 0 aliphatic heterocycles. The quantitative estimate of drug-likeness (QED) is 0.213. The van der Waals surface area contributed by atoms with E-state index in [0.29, 0.717) is 16.6 Å². The number of ether oxygens (including phenoxy) is 1. The summed E-state index contributed by atoms with van der Waals surface area (Å²) < 4.78 is 78.1. The van der Waals surface area contributed by atoms with Crippen molar-refractivity contribution in [2.45, 2.75) is 29.2 Å². The Morgan fingerprint density at radius 2 is 1.85 bits per heavy atom. The molecule has 3 N–H and O–H groups in total. The molecule has 0 aliphatic carbocycles. The van der Waals surface area contributed by atoms with Crippen LogP contribution in [0.5, 0.6) is 0 Å². The molecule has 0 spiro atoms. The molecule has 13 heteroatoms. The Labute approximate surface area is 188 Å². The van der Waals surface area contributed by atoms with Crippen molar-refractivity contribution in [2.75, 3.05) is 18.5 Å². The van der Waals surface area contributed by atoms with Crippen molar-refractivity contribution in [1.82, 2.24) is 15.3 Å². The van der Waals surface area contributed by atoms with Crippen LogP contribution >= 0.6 is 11.8 Å². The van der Waals surface area contributed by atoms with Gasteiger partial charge in [0.25, 0.3) is 0 Å². The number of alkyl halides is 6. The van der Waals surface area contributed by atoms with Crippen molar-refractivity contribution in [3.8, 4) is 0 Å². The van der Waals surface area contributed by atoms with Gasteiger partial charge in [0.15, 0.2) is 0 Å². The summed E-state index contributed by atoms with van der Waals surface area (Å²) in [6, 6.07) is 11.8. The predicted molar refractivity (Wildman–Crippen MR) is 110 cm³/mol. The Morgan fingerprint density at radius 1 is 1.09 bits per heavy atom. The van der Waals surface area contributed by atoms with Crippen molar-refractivity contribution in [1.29, 1.82) is 0 Å². The van der Waals surface area contributed by atoms with Crippen LogP contribution in [0.3, 0.4) is 0 Å². The first kappa shape index (κ1) is 24.7. The van der Waals surface area contributed by atoms with E-state index in [2.05, 4.69) is 25.3 Å². The smallest absolute Gasteiger partial charge is 0.354 e. The van der Waals surface area contributed by atoms with Crippen LogP contribution in [0.25, 0.3) is 11.0 Å². The number of anilines is 1. The largest absolute Gasteiger partial charge is 0.522 e. The Bertz CT molecular complexity index is 1050. The summed E-state index contributed by atoms with van der Waals surface area (Å²) in [6.07, 6.45) is -5.09. The van der Waals surface area contributed by atoms with Crippen LogP contribution in [0.2, 0.25) is 0 Å². The molecule has 1 amide bonds. The fraction of sp³-hybridized carbons (Fsp3) is 0.300. The van der Waals surface area contributed by atoms with E-state index in [4.69, 9.17) is 0 Å². The zero-order chi connectivity index (χ0) is 24.1. The van der Waals surface area contributed by atoms with Gasteiger partial charge in [-0.1, -0.05) is 24.3 Å². The highest BCUT2D eigenvalue weighted by atomic mass is 32.2. The molecule has 0 saturated carbocycles. The van der Waals surface area contributed by atoms with Gasteiger partial charge in [0.2, 0.25) is 11.9 Å². The van der Waals surface area contributed by atoms with E-state index in [1.165, 1.54) is 18.2 Å². The molecule has 1 atom stereocenters. The number of hydrogen-bond acceptors (Lipinski definition) is 5. The van der Waals surface area contributed by atoms with Gasteiger partial charge in [-0.05, 0) is 41.6 Å². The molecule has 0 fully saturated rings. The number of hydrogen-bond donors (Lipinski definition) is 3. The van der Waals surface area contributed by atoms with Gasteiger partial charge < -0.3 is 15.6 Å². The number of carbonyl (C=O) groups excluding carboxylic acids is 1. The number of aromatic amines is 1. The van der Waals surface area contributed by atoms with Crippen LogP contribution in [0.4, 0.5) is 32.3 Å². The number of carbonyl (C=O) groups is 1. The first-order valence-electron chi connectivity index (χ1n) is 9.53. The zero-order valence-corrected chi connectivity index (χ0v) is 17.6. The van der Waals surface area contributed by atoms with Gasteiger partial charge in [-0.2, -0.15) is 13.2 Å². The number of amides is 1. The molecule has 1 heterocycles. The summed E-state index contributed by atoms with van der Waals surface area (Å²) in [7, 11) is 0. The Morgan fingerprint density at radius 3 is 2.55 bits per heavy atom. The number of halogens is 6. The van der Waals surface area contributed by atoms with Gasteiger partial charge in [0.05, 0.1) is 30.1 Å². The van der Waals surface area contributed by atoms with Gasteiger partial charge in [0.1, 0.15) is 0 Å². The van der Waals surface area contributed by atoms with Crippen molar-refractivity contribution < 1.29 is 35.9 Å². The molecule has 0 bridgehead atoms. The molecule has 178 valence electrons. The van der Waals surface area contributed by atoms with Gasteiger partial charge in [-0.3, -0.25) is 9.53 Å². The van der Waals surface area contributed by atoms with Crippen LogP contribution in [0.15, 0.2) is 53.4 Å². The summed E-state index contributed by atoms with van der Waals surface area (Å²) in [6.45, 7) is -1.16. The third kappa shape index (κ3) is 8.17. The normalized spacial score (nSPS) is 13.2. The number of fused-ring (bicyclic) bond motifs is 1. The number of H-pyrrole nitrogens is 1. The number of imidazole rings is 1.